The number of anilines is 1. The lowest BCUT2D eigenvalue weighted by atomic mass is 10.2. The summed E-state index contributed by atoms with van der Waals surface area (Å²) in [5.74, 6) is 1.28. The van der Waals surface area contributed by atoms with Gasteiger partial charge in [-0.1, -0.05) is 13.0 Å². The van der Waals surface area contributed by atoms with Crippen LogP contribution in [-0.2, 0) is 16.6 Å². The van der Waals surface area contributed by atoms with Gasteiger partial charge in [-0.3, -0.25) is 4.21 Å². The highest BCUT2D eigenvalue weighted by molar-refractivity contribution is 9.10. The van der Waals surface area contributed by atoms with E-state index in [0.717, 1.165) is 10.0 Å². The summed E-state index contributed by atoms with van der Waals surface area (Å²) in [6.45, 7) is 1.92. The van der Waals surface area contributed by atoms with Crippen LogP contribution >= 0.6 is 15.9 Å². The van der Waals surface area contributed by atoms with Gasteiger partial charge in [-0.15, -0.1) is 0 Å². The van der Waals surface area contributed by atoms with Crippen LogP contribution in [0.3, 0.4) is 0 Å². The molecule has 13 heavy (non-hydrogen) atoms. The molecule has 0 bridgehead atoms. The van der Waals surface area contributed by atoms with Crippen molar-refractivity contribution < 1.29 is 4.21 Å². The van der Waals surface area contributed by atoms with Gasteiger partial charge in [-0.2, -0.15) is 0 Å². The summed E-state index contributed by atoms with van der Waals surface area (Å²) in [6.07, 6.45) is 0. The van der Waals surface area contributed by atoms with Gasteiger partial charge in [0.2, 0.25) is 0 Å². The number of nitrogen functional groups attached to an aromatic ring is 1. The summed E-state index contributed by atoms with van der Waals surface area (Å²) in [5, 5.41) is 0. The van der Waals surface area contributed by atoms with E-state index in [2.05, 4.69) is 15.9 Å². The van der Waals surface area contributed by atoms with Crippen molar-refractivity contribution in [2.45, 2.75) is 12.7 Å². The summed E-state index contributed by atoms with van der Waals surface area (Å²) >= 11 is 3.31. The first kappa shape index (κ1) is 10.7. The molecule has 0 spiro atoms. The Morgan fingerprint density at radius 3 is 2.77 bits per heavy atom. The van der Waals surface area contributed by atoms with Crippen molar-refractivity contribution in [2.75, 3.05) is 11.5 Å². The lowest BCUT2D eigenvalue weighted by Crippen LogP contribution is -1.98. The third kappa shape index (κ3) is 3.12. The van der Waals surface area contributed by atoms with Crippen LogP contribution in [0.4, 0.5) is 5.69 Å². The van der Waals surface area contributed by atoms with E-state index in [1.54, 1.807) is 0 Å². The molecule has 0 fully saturated rings. The molecule has 1 unspecified atom stereocenters. The predicted octanol–water partition coefficient (Wildman–Crippen LogP) is 2.30. The summed E-state index contributed by atoms with van der Waals surface area (Å²) in [7, 11) is -0.764. The van der Waals surface area contributed by atoms with Crippen molar-refractivity contribution in [1.82, 2.24) is 0 Å². The molecule has 1 aromatic carbocycles. The molecule has 0 radical (unpaired) electrons. The number of benzene rings is 1. The second-order valence-electron chi connectivity index (χ2n) is 2.73. The molecular formula is C9H12BrNOS. The standard InChI is InChI=1S/C9H12BrNOS/c1-2-13(12)6-7-3-4-8(10)9(11)5-7/h3-5H,2,6,11H2,1H3. The Bertz CT molecular complexity index is 327. The fourth-order valence-electron chi connectivity index (χ4n) is 0.971. The largest absolute Gasteiger partial charge is 0.398 e. The highest BCUT2D eigenvalue weighted by Gasteiger charge is 2.01. The molecule has 1 atom stereocenters. The molecule has 0 aliphatic carbocycles. The van der Waals surface area contributed by atoms with Crippen molar-refractivity contribution in [2.24, 2.45) is 0 Å². The van der Waals surface area contributed by atoms with Crippen molar-refractivity contribution >= 4 is 32.4 Å². The minimum atomic E-state index is -0.764. The Morgan fingerprint density at radius 1 is 1.54 bits per heavy atom. The normalized spacial score (nSPS) is 12.8. The molecule has 0 aromatic heterocycles. The van der Waals surface area contributed by atoms with Crippen LogP contribution in [0.15, 0.2) is 22.7 Å². The summed E-state index contributed by atoms with van der Waals surface area (Å²) in [5.41, 5.74) is 7.42. The monoisotopic (exact) mass is 261 g/mol. The Hall–Kier alpha value is -0.350. The van der Waals surface area contributed by atoms with Crippen molar-refractivity contribution in [3.63, 3.8) is 0 Å². The van der Waals surface area contributed by atoms with Gasteiger partial charge in [0.25, 0.3) is 0 Å². The van der Waals surface area contributed by atoms with E-state index in [-0.39, 0.29) is 0 Å². The zero-order valence-electron chi connectivity index (χ0n) is 7.42. The van der Waals surface area contributed by atoms with E-state index in [0.29, 0.717) is 17.2 Å². The first-order valence-electron chi connectivity index (χ1n) is 4.02. The highest BCUT2D eigenvalue weighted by Crippen LogP contribution is 2.20. The van der Waals surface area contributed by atoms with Gasteiger partial charge in [0, 0.05) is 32.5 Å². The van der Waals surface area contributed by atoms with Crippen LogP contribution in [0.2, 0.25) is 0 Å². The average molecular weight is 262 g/mol. The zero-order chi connectivity index (χ0) is 9.84. The van der Waals surface area contributed by atoms with Gasteiger partial charge in [-0.25, -0.2) is 0 Å². The number of halogens is 1. The molecule has 2 nitrogen and oxygen atoms in total. The smallest absolute Gasteiger partial charge is 0.0486 e. The maximum absolute atomic E-state index is 11.2. The SMILES string of the molecule is CCS(=O)Cc1ccc(Br)c(N)c1. The maximum atomic E-state index is 11.2. The molecule has 0 saturated heterocycles. The quantitative estimate of drug-likeness (QED) is 0.849. The van der Waals surface area contributed by atoms with E-state index < -0.39 is 10.8 Å². The van der Waals surface area contributed by atoms with Crippen LogP contribution < -0.4 is 5.73 Å². The van der Waals surface area contributed by atoms with Crippen LogP contribution in [0.25, 0.3) is 0 Å². The molecule has 0 aliphatic rings. The number of rotatable bonds is 3. The number of hydrogen-bond acceptors (Lipinski definition) is 2. The van der Waals surface area contributed by atoms with Gasteiger partial charge in [-0.05, 0) is 33.6 Å². The molecule has 0 aliphatic heterocycles. The van der Waals surface area contributed by atoms with Crippen molar-refractivity contribution in [1.29, 1.82) is 0 Å². The Kier molecular flexibility index (Phi) is 3.93. The summed E-state index contributed by atoms with van der Waals surface area (Å²) in [4.78, 5) is 0. The van der Waals surface area contributed by atoms with Gasteiger partial charge in [0.05, 0.1) is 0 Å². The second-order valence-corrected chi connectivity index (χ2v) is 5.33. The topological polar surface area (TPSA) is 43.1 Å². The summed E-state index contributed by atoms with van der Waals surface area (Å²) < 4.78 is 12.1. The third-order valence-corrected chi connectivity index (χ3v) is 3.73. The van der Waals surface area contributed by atoms with E-state index in [4.69, 9.17) is 5.73 Å². The van der Waals surface area contributed by atoms with Gasteiger partial charge >= 0.3 is 0 Å². The van der Waals surface area contributed by atoms with Crippen molar-refractivity contribution in [3.8, 4) is 0 Å². The molecule has 0 saturated carbocycles. The Balaban J connectivity index is 2.79. The minimum Gasteiger partial charge on any atom is -0.398 e. The fourth-order valence-corrected chi connectivity index (χ4v) is 1.97. The molecule has 1 rings (SSSR count). The Morgan fingerprint density at radius 2 is 2.23 bits per heavy atom. The lowest BCUT2D eigenvalue weighted by Gasteiger charge is -2.02. The molecule has 72 valence electrons. The van der Waals surface area contributed by atoms with E-state index in [1.165, 1.54) is 0 Å². The molecule has 0 heterocycles. The van der Waals surface area contributed by atoms with Gasteiger partial charge in [0.1, 0.15) is 0 Å². The average Bonchev–Trinajstić information content (AvgIpc) is 2.11. The molecule has 1 aromatic rings. The van der Waals surface area contributed by atoms with Gasteiger partial charge in [0.15, 0.2) is 0 Å². The number of hydrogen-bond donors (Lipinski definition) is 1. The predicted molar refractivity (Wildman–Crippen MR) is 60.9 cm³/mol. The second kappa shape index (κ2) is 4.77. The maximum Gasteiger partial charge on any atom is 0.0486 e. The summed E-state index contributed by atoms with van der Waals surface area (Å²) in [6, 6.07) is 5.68. The van der Waals surface area contributed by atoms with Crippen molar-refractivity contribution in [3.05, 3.63) is 28.2 Å². The highest BCUT2D eigenvalue weighted by atomic mass is 79.9. The molecule has 0 amide bonds. The Labute approximate surface area is 89.1 Å². The van der Waals surface area contributed by atoms with E-state index in [9.17, 15) is 4.21 Å². The lowest BCUT2D eigenvalue weighted by molar-refractivity contribution is 0.683. The van der Waals surface area contributed by atoms with E-state index in [1.807, 2.05) is 25.1 Å². The van der Waals surface area contributed by atoms with Crippen LogP contribution in [0.5, 0.6) is 0 Å². The van der Waals surface area contributed by atoms with E-state index >= 15 is 0 Å². The van der Waals surface area contributed by atoms with Crippen LogP contribution in [0.1, 0.15) is 12.5 Å². The third-order valence-electron chi connectivity index (χ3n) is 1.71. The minimum absolute atomic E-state index is 0.591. The molecule has 2 N–H and O–H groups in total. The molecular weight excluding hydrogens is 250 g/mol. The van der Waals surface area contributed by atoms with Gasteiger partial charge < -0.3 is 5.73 Å². The molecule has 4 heteroatoms. The van der Waals surface area contributed by atoms with Crippen LogP contribution in [-0.4, -0.2) is 9.96 Å². The van der Waals surface area contributed by atoms with Crippen LogP contribution in [0, 0.1) is 0 Å². The first-order chi connectivity index (χ1) is 6.13. The fraction of sp³-hybridized carbons (Fsp3) is 0.333. The zero-order valence-corrected chi connectivity index (χ0v) is 9.82. The number of nitrogens with two attached hydrogens (primary N) is 1. The first-order valence-corrected chi connectivity index (χ1v) is 6.30.